The Morgan fingerprint density at radius 3 is 2.44 bits per heavy atom. The van der Waals surface area contributed by atoms with E-state index < -0.39 is 17.5 Å². The molecule has 2 aromatic carbocycles. The molecule has 4 heterocycles. The lowest BCUT2D eigenvalue weighted by atomic mass is 9.84. The number of pyridine rings is 1. The third kappa shape index (κ3) is 11.3. The zero-order valence-electron chi connectivity index (χ0n) is 39.3. The predicted molar refractivity (Wildman–Crippen MR) is 249 cm³/mol. The number of piperidine rings is 1. The molecule has 2 saturated heterocycles. The van der Waals surface area contributed by atoms with E-state index in [1.54, 1.807) is 42.4 Å². The Labute approximate surface area is 378 Å². The van der Waals surface area contributed by atoms with E-state index in [1.165, 1.54) is 6.92 Å². The summed E-state index contributed by atoms with van der Waals surface area (Å²) in [6, 6.07) is 11.8. The van der Waals surface area contributed by atoms with Crippen molar-refractivity contribution >= 4 is 34.6 Å². The molecule has 2 fully saturated rings. The van der Waals surface area contributed by atoms with E-state index >= 15 is 0 Å². The van der Waals surface area contributed by atoms with Gasteiger partial charge in [0.2, 0.25) is 11.8 Å². The summed E-state index contributed by atoms with van der Waals surface area (Å²) in [4.78, 5) is 62.7. The number of phenolic OH excluding ortho intramolecular Hbond substituents is 1. The summed E-state index contributed by atoms with van der Waals surface area (Å²) in [5, 5.41) is 17.0. The molecule has 2 aliphatic rings. The van der Waals surface area contributed by atoms with Crippen molar-refractivity contribution in [3.8, 4) is 28.1 Å². The zero-order valence-corrected chi connectivity index (χ0v) is 39.3. The number of ether oxygens (including phenoxy) is 2. The summed E-state index contributed by atoms with van der Waals surface area (Å²) in [5.41, 5.74) is 10.1. The van der Waals surface area contributed by atoms with Gasteiger partial charge in [0.1, 0.15) is 17.8 Å². The molecule has 2 atom stereocenters. The van der Waals surface area contributed by atoms with Crippen LogP contribution in [-0.4, -0.2) is 119 Å². The van der Waals surface area contributed by atoms with Gasteiger partial charge in [-0.05, 0) is 123 Å². The van der Waals surface area contributed by atoms with Gasteiger partial charge in [-0.3, -0.25) is 29.2 Å². The second-order valence-corrected chi connectivity index (χ2v) is 18.9. The Morgan fingerprint density at radius 2 is 1.78 bits per heavy atom. The number of aromatic nitrogens is 2. The summed E-state index contributed by atoms with van der Waals surface area (Å²) in [5.74, 6) is -1.39. The van der Waals surface area contributed by atoms with Crippen molar-refractivity contribution in [1.29, 1.82) is 0 Å². The number of hydrogen-bond donors (Lipinski definition) is 3. The van der Waals surface area contributed by atoms with E-state index in [0.717, 1.165) is 83.2 Å². The molecule has 3 N–H and O–H groups in total. The Morgan fingerprint density at radius 1 is 1.03 bits per heavy atom. The van der Waals surface area contributed by atoms with Gasteiger partial charge < -0.3 is 34.3 Å². The SMILES string of the molecule is CCn1c(-c2cnccc2COC)c(CC(C)(C)COC(C)=O)c2cc(-c3cc(O)cc(CC(NC(=O)C(C(C)C)N(C)C(=O)C4CCN(C)CC4)C(=O)N4CCCCN4)c3)ccc21. The van der Waals surface area contributed by atoms with Crippen LogP contribution in [0.4, 0.5) is 0 Å². The van der Waals surface area contributed by atoms with Crippen molar-refractivity contribution in [2.24, 2.45) is 17.3 Å². The number of aromatic hydroxyl groups is 1. The summed E-state index contributed by atoms with van der Waals surface area (Å²) in [6.45, 7) is 15.7. The van der Waals surface area contributed by atoms with Gasteiger partial charge in [-0.2, -0.15) is 0 Å². The van der Waals surface area contributed by atoms with Gasteiger partial charge in [0, 0.05) is 87.3 Å². The maximum absolute atomic E-state index is 14.4. The lowest BCUT2D eigenvalue weighted by molar-refractivity contribution is -0.146. The Hall–Kier alpha value is -5.31. The first kappa shape index (κ1) is 48.2. The minimum atomic E-state index is -0.976. The molecule has 2 unspecified atom stereocenters. The highest BCUT2D eigenvalue weighted by Gasteiger charge is 2.37. The van der Waals surface area contributed by atoms with Crippen molar-refractivity contribution in [3.63, 3.8) is 0 Å². The number of amides is 3. The average molecular weight is 880 g/mol. The van der Waals surface area contributed by atoms with Crippen molar-refractivity contribution in [3.05, 3.63) is 71.5 Å². The number of aryl methyl sites for hydroxylation is 1. The van der Waals surface area contributed by atoms with Gasteiger partial charge in [0.05, 0.1) is 18.9 Å². The van der Waals surface area contributed by atoms with Crippen LogP contribution in [0.2, 0.25) is 0 Å². The highest BCUT2D eigenvalue weighted by atomic mass is 16.5. The summed E-state index contributed by atoms with van der Waals surface area (Å²) in [7, 11) is 5.43. The van der Waals surface area contributed by atoms with Crippen LogP contribution < -0.4 is 10.7 Å². The molecule has 3 amide bonds. The number of hydrazine groups is 1. The summed E-state index contributed by atoms with van der Waals surface area (Å²) in [6.07, 6.45) is 7.58. The Kier molecular flexibility index (Phi) is 15.9. The second kappa shape index (κ2) is 21.1. The lowest BCUT2D eigenvalue weighted by Gasteiger charge is -2.37. The first-order valence-electron chi connectivity index (χ1n) is 22.9. The molecule has 64 heavy (non-hydrogen) atoms. The second-order valence-electron chi connectivity index (χ2n) is 18.9. The molecular weight excluding hydrogens is 811 g/mol. The number of methoxy groups -OCH3 is 1. The number of likely N-dealkylation sites (N-methyl/N-ethyl adjacent to an activating group) is 1. The highest BCUT2D eigenvalue weighted by Crippen LogP contribution is 2.41. The molecule has 0 radical (unpaired) electrons. The van der Waals surface area contributed by atoms with Crippen LogP contribution in [0.5, 0.6) is 5.75 Å². The van der Waals surface area contributed by atoms with E-state index in [2.05, 4.69) is 65.1 Å². The molecule has 0 saturated carbocycles. The molecule has 14 nitrogen and oxygen atoms in total. The number of carbonyl (C=O) groups excluding carboxylic acids is 4. The third-order valence-corrected chi connectivity index (χ3v) is 12.7. The van der Waals surface area contributed by atoms with E-state index in [1.807, 2.05) is 38.2 Å². The molecule has 4 aromatic rings. The molecule has 0 aliphatic carbocycles. The van der Waals surface area contributed by atoms with Crippen molar-refractivity contribution < 1.29 is 33.8 Å². The van der Waals surface area contributed by atoms with Crippen molar-refractivity contribution in [2.75, 3.05) is 54.0 Å². The molecular formula is C50H69N7O7. The first-order valence-corrected chi connectivity index (χ1v) is 22.9. The van der Waals surface area contributed by atoms with Crippen LogP contribution in [0.15, 0.2) is 54.9 Å². The van der Waals surface area contributed by atoms with E-state index in [9.17, 15) is 24.3 Å². The summed E-state index contributed by atoms with van der Waals surface area (Å²) < 4.78 is 13.5. The van der Waals surface area contributed by atoms with Gasteiger partial charge in [-0.15, -0.1) is 0 Å². The van der Waals surface area contributed by atoms with E-state index in [-0.39, 0.29) is 54.3 Å². The fourth-order valence-electron chi connectivity index (χ4n) is 9.49. The minimum absolute atomic E-state index is 0.0267. The number of rotatable bonds is 17. The standard InChI is InChI=1S/C50H69N7O7/c1-10-56-44-14-13-36(27-40(44)41(28-50(5,6)31-64-33(4)58)46(56)42-29-51-19-15-37(42)30-63-9)38-23-34(24-39(59)26-38)25-43(49(62)57-20-12-11-18-52-57)53-47(60)45(32(2)3)55(8)48(61)35-16-21-54(7)22-17-35/h13-15,19,23-24,26-27,29,32,35,43,45,52,59H,10-12,16-18,20-22,25,28,30-31H2,1-9H3,(H,53,60). The lowest BCUT2D eigenvalue weighted by Crippen LogP contribution is -2.60. The van der Waals surface area contributed by atoms with Gasteiger partial charge in [0.25, 0.3) is 5.91 Å². The zero-order chi connectivity index (χ0) is 46.3. The largest absolute Gasteiger partial charge is 0.508 e. The predicted octanol–water partition coefficient (Wildman–Crippen LogP) is 6.35. The van der Waals surface area contributed by atoms with E-state index in [0.29, 0.717) is 38.2 Å². The fourth-order valence-corrected chi connectivity index (χ4v) is 9.49. The van der Waals surface area contributed by atoms with Crippen LogP contribution in [0.1, 0.15) is 83.9 Å². The monoisotopic (exact) mass is 880 g/mol. The maximum Gasteiger partial charge on any atom is 0.302 e. The number of nitrogens with zero attached hydrogens (tertiary/aromatic N) is 5. The molecule has 346 valence electrons. The Bertz CT molecular complexity index is 2290. The number of fused-ring (bicyclic) bond motifs is 1. The smallest absolute Gasteiger partial charge is 0.302 e. The number of esters is 1. The first-order chi connectivity index (χ1) is 30.5. The van der Waals surface area contributed by atoms with Gasteiger partial charge >= 0.3 is 5.97 Å². The van der Waals surface area contributed by atoms with Crippen LogP contribution >= 0.6 is 0 Å². The Balaban J connectivity index is 1.38. The number of benzene rings is 2. The summed E-state index contributed by atoms with van der Waals surface area (Å²) >= 11 is 0. The molecule has 0 spiro atoms. The van der Waals surface area contributed by atoms with Gasteiger partial charge in [-0.25, -0.2) is 5.43 Å². The molecule has 14 heteroatoms. The third-order valence-electron chi connectivity index (χ3n) is 12.7. The maximum atomic E-state index is 14.4. The highest BCUT2D eigenvalue weighted by molar-refractivity contribution is 5.96. The van der Waals surface area contributed by atoms with Gasteiger partial charge in [-0.1, -0.05) is 39.8 Å². The number of carbonyl (C=O) groups is 4. The minimum Gasteiger partial charge on any atom is -0.508 e. The number of likely N-dealkylation sites (tertiary alicyclic amines) is 1. The van der Waals surface area contributed by atoms with Crippen LogP contribution in [-0.2, 0) is 54.6 Å². The van der Waals surface area contributed by atoms with Crippen LogP contribution in [0.25, 0.3) is 33.3 Å². The number of hydrogen-bond acceptors (Lipinski definition) is 10. The van der Waals surface area contributed by atoms with Crippen LogP contribution in [0, 0.1) is 17.3 Å². The number of nitrogens with one attached hydrogen (secondary N) is 2. The fraction of sp³-hybridized carbons (Fsp3) is 0.540. The van der Waals surface area contributed by atoms with Crippen molar-refractivity contribution in [1.82, 2.24) is 35.1 Å². The molecule has 6 rings (SSSR count). The van der Waals surface area contributed by atoms with Crippen molar-refractivity contribution in [2.45, 2.75) is 105 Å². The number of phenols is 1. The topological polar surface area (TPSA) is 159 Å². The average Bonchev–Trinajstić information content (AvgIpc) is 3.56. The normalized spacial score (nSPS) is 16.2. The quantitative estimate of drug-likeness (QED) is 0.102. The van der Waals surface area contributed by atoms with E-state index in [4.69, 9.17) is 9.47 Å². The molecule has 2 aromatic heterocycles. The van der Waals surface area contributed by atoms with Crippen LogP contribution in [0.3, 0.4) is 0 Å². The molecule has 0 bridgehead atoms. The van der Waals surface area contributed by atoms with Gasteiger partial charge in [0.15, 0.2) is 0 Å². The molecule has 2 aliphatic heterocycles.